The Morgan fingerprint density at radius 2 is 0.982 bits per heavy atom. The van der Waals surface area contributed by atoms with Crippen molar-refractivity contribution in [2.75, 3.05) is 0 Å². The maximum atomic E-state index is 15.5. The molecule has 290 valence electrons. The van der Waals surface area contributed by atoms with Crippen molar-refractivity contribution in [1.82, 2.24) is 0 Å². The largest absolute Gasteiger partial charge is 0.523 e. The summed E-state index contributed by atoms with van der Waals surface area (Å²) in [5.41, 5.74) is -20.3. The van der Waals surface area contributed by atoms with Gasteiger partial charge in [-0.1, -0.05) is 38.9 Å². The molecule has 55 heavy (non-hydrogen) atoms. The van der Waals surface area contributed by atoms with Crippen molar-refractivity contribution >= 4 is 31.6 Å². The molecule has 0 bridgehead atoms. The first kappa shape index (κ1) is 40.5. The number of halogens is 17. The maximum Gasteiger partial charge on any atom is 0.523 e. The van der Waals surface area contributed by atoms with E-state index in [0.717, 1.165) is 19.1 Å². The number of hydrogen-bond donors (Lipinski definition) is 0. The highest BCUT2D eigenvalue weighted by Gasteiger charge is 2.72. The first-order valence-corrected chi connectivity index (χ1v) is 18.0. The zero-order valence-electron chi connectivity index (χ0n) is 26.3. The Balaban J connectivity index is 2.36. The molecule has 0 radical (unpaired) electrons. The number of nitriles is 2. The van der Waals surface area contributed by atoms with Gasteiger partial charge in [0.2, 0.25) is 0 Å². The molecule has 3 aromatic rings. The van der Waals surface area contributed by atoms with Gasteiger partial charge in [-0.05, 0) is 76.6 Å². The molecule has 4 nitrogen and oxygen atoms in total. The normalized spacial score (nSPS) is 16.8. The Labute approximate surface area is 296 Å². The molecule has 0 aromatic heterocycles. The third-order valence-corrected chi connectivity index (χ3v) is 10.8. The summed E-state index contributed by atoms with van der Waals surface area (Å²) in [4.78, 5) is -1.89. The first-order valence-electron chi connectivity index (χ1n) is 14.1. The van der Waals surface area contributed by atoms with Crippen molar-refractivity contribution in [3.8, 4) is 12.1 Å². The van der Waals surface area contributed by atoms with Gasteiger partial charge in [0, 0.05) is 22.4 Å². The summed E-state index contributed by atoms with van der Waals surface area (Å²) in [6, 6.07) is 1.02. The van der Waals surface area contributed by atoms with Crippen LogP contribution in [0.1, 0.15) is 33.4 Å². The van der Waals surface area contributed by atoms with Crippen molar-refractivity contribution in [1.29, 1.82) is 10.5 Å². The molecule has 0 saturated heterocycles. The Hall–Kier alpha value is -5.65. The van der Waals surface area contributed by atoms with Gasteiger partial charge in [-0.25, -0.2) is 17.6 Å². The van der Waals surface area contributed by atoms with Gasteiger partial charge >= 0.3 is 32.4 Å². The quantitative estimate of drug-likeness (QED) is 0.149. The van der Waals surface area contributed by atoms with Gasteiger partial charge in [0.1, 0.15) is 69.5 Å². The van der Waals surface area contributed by atoms with E-state index in [2.05, 4.69) is 9.69 Å². The number of nitrogens with zero attached hydrogens (tertiary/aromatic N) is 4. The van der Waals surface area contributed by atoms with Crippen LogP contribution in [-0.4, -0.2) is 0 Å². The number of hydrogen-bond acceptors (Lipinski definition) is 2. The lowest BCUT2D eigenvalue weighted by molar-refractivity contribution is -0.142. The average Bonchev–Trinajstić information content (AvgIpc) is 3.54. The van der Waals surface area contributed by atoms with E-state index in [4.69, 9.17) is 13.1 Å². The topological polar surface area (TPSA) is 56.3 Å². The van der Waals surface area contributed by atoms with E-state index >= 15 is 38.9 Å². The predicted octanol–water partition coefficient (Wildman–Crippen LogP) is 11.8. The summed E-state index contributed by atoms with van der Waals surface area (Å²) in [5.74, 6) is -10.4. The summed E-state index contributed by atoms with van der Waals surface area (Å²) in [5, 5.41) is 13.8. The van der Waals surface area contributed by atoms with Gasteiger partial charge in [0.05, 0.1) is 5.57 Å². The Morgan fingerprint density at radius 3 is 1.31 bits per heavy atom. The highest BCUT2D eigenvalue weighted by atomic mass is 32.5. The van der Waals surface area contributed by atoms with Crippen LogP contribution in [0.4, 0.5) is 69.6 Å². The molecule has 0 aliphatic heterocycles. The summed E-state index contributed by atoms with van der Waals surface area (Å²) in [6.45, 7) is 15.2. The number of allylic oxidation sites excluding steroid dienone is 3. The molecule has 0 saturated carbocycles. The van der Waals surface area contributed by atoms with Crippen LogP contribution in [0, 0.1) is 66.0 Å². The molecule has 3 aromatic carbocycles. The first-order chi connectivity index (χ1) is 24.6. The Morgan fingerprint density at radius 1 is 0.636 bits per heavy atom. The molecule has 0 fully saturated rings. The predicted molar refractivity (Wildman–Crippen MR) is 162 cm³/mol. The van der Waals surface area contributed by atoms with Crippen LogP contribution < -0.4 is 10.4 Å². The van der Waals surface area contributed by atoms with Crippen molar-refractivity contribution < 1.29 is 69.6 Å². The molecule has 2 aliphatic carbocycles. The Kier molecular flexibility index (Phi) is 7.93. The molecular formula is C32H11F17N4S2. The van der Waals surface area contributed by atoms with Gasteiger partial charge in [-0.3, -0.25) is 0 Å². The fourth-order valence-corrected chi connectivity index (χ4v) is 8.99. The highest BCUT2D eigenvalue weighted by molar-refractivity contribution is 8.46. The van der Waals surface area contributed by atoms with E-state index in [9.17, 15) is 41.3 Å². The summed E-state index contributed by atoms with van der Waals surface area (Å²) >= 11 is 0. The summed E-state index contributed by atoms with van der Waals surface area (Å²) in [6.07, 6.45) is -10.2. The van der Waals surface area contributed by atoms with Gasteiger partial charge in [-0.2, -0.15) is 33.4 Å². The molecule has 5 rings (SSSR count). The van der Waals surface area contributed by atoms with E-state index in [1.165, 1.54) is 0 Å². The standard InChI is InChI=1S/C32H11F17N4S2/c1-12-20(33)4-13(5-21(12)34)25-19(31(52-2)53-3)9-18-27(25)29(54(40,41,42,43)44)17-8-16(15(10-50)11-51)24(26(17)30(18)55(45,46,47,48)49)14-6-22(35)28(23(36)7-14)32(37,38)39/h4-7H,8-9H2,1H3. The molecule has 0 N–H and O–H groups in total. The van der Waals surface area contributed by atoms with Gasteiger partial charge < -0.3 is 0 Å². The van der Waals surface area contributed by atoms with Crippen molar-refractivity contribution in [3.05, 3.63) is 137 Å². The van der Waals surface area contributed by atoms with Crippen LogP contribution in [0.5, 0.6) is 0 Å². The molecule has 0 amide bonds. The van der Waals surface area contributed by atoms with E-state index in [1.807, 2.05) is 0 Å². The van der Waals surface area contributed by atoms with Gasteiger partial charge in [0.25, 0.3) is 0 Å². The summed E-state index contributed by atoms with van der Waals surface area (Å²) in [7, 11) is -23.6. The van der Waals surface area contributed by atoms with Crippen molar-refractivity contribution in [2.24, 2.45) is 0 Å². The monoisotopic (exact) mass is 838 g/mol. The number of alkyl halides is 3. The van der Waals surface area contributed by atoms with E-state index in [-0.39, 0.29) is 12.1 Å². The van der Waals surface area contributed by atoms with E-state index in [1.54, 1.807) is 0 Å². The number of fused-ring (bicyclic) bond motifs is 2. The average molecular weight is 839 g/mol. The minimum atomic E-state index is -11.8. The van der Waals surface area contributed by atoms with Crippen LogP contribution in [0.2, 0.25) is 0 Å². The minimum Gasteiger partial charge on any atom is -0.207 e. The zero-order valence-corrected chi connectivity index (χ0v) is 27.9. The third kappa shape index (κ3) is 6.72. The molecular weight excluding hydrogens is 827 g/mol. The smallest absolute Gasteiger partial charge is 0.207 e. The number of benzene rings is 3. The lowest BCUT2D eigenvalue weighted by Gasteiger charge is -2.45. The number of rotatable bonds is 4. The fourth-order valence-electron chi connectivity index (χ4n) is 6.49. The highest BCUT2D eigenvalue weighted by Crippen LogP contribution is 3.04. The minimum absolute atomic E-state index is 0.0796. The molecule has 0 heterocycles. The second kappa shape index (κ2) is 10.8. The van der Waals surface area contributed by atoms with Crippen LogP contribution >= 0.6 is 20.4 Å². The van der Waals surface area contributed by atoms with Gasteiger partial charge in [-0.15, -0.1) is 0 Å². The van der Waals surface area contributed by atoms with Gasteiger partial charge in [0.15, 0.2) is 0 Å². The maximum absolute atomic E-state index is 15.5. The lowest BCUT2D eigenvalue weighted by atomic mass is 9.94. The molecule has 0 unspecified atom stereocenters. The molecule has 0 atom stereocenters. The Bertz CT molecular complexity index is 2660. The molecule has 2 aliphatic rings. The molecule has 23 heteroatoms. The van der Waals surface area contributed by atoms with Crippen LogP contribution in [0.3, 0.4) is 0 Å². The summed E-state index contributed by atoms with van der Waals surface area (Å²) < 4.78 is 254. The fraction of sp³-hybridized carbons (Fsp3) is 0.125. The van der Waals surface area contributed by atoms with E-state index < -0.39 is 162 Å². The second-order valence-electron chi connectivity index (χ2n) is 11.9. The SMILES string of the molecule is [C-]#[N+]C([N+]#[C-])=C1Cc2c(S(F)(F)(F)(F)F)c3c(c(S(F)(F)(F)(F)F)c2=C1c1cc(F)c(C)c(F)c1)CC(=C(C#N)C#N)C=3c1cc(F)c(C(F)(F)F)c(F)c1. The second-order valence-corrected chi connectivity index (χ2v) is 16.6. The zero-order chi connectivity index (χ0) is 41.9. The van der Waals surface area contributed by atoms with Crippen LogP contribution in [0.15, 0.2) is 56.6 Å². The van der Waals surface area contributed by atoms with Crippen molar-refractivity contribution in [2.45, 2.75) is 35.7 Å². The van der Waals surface area contributed by atoms with Crippen molar-refractivity contribution in [3.63, 3.8) is 0 Å². The third-order valence-electron chi connectivity index (χ3n) is 8.38. The van der Waals surface area contributed by atoms with Crippen LogP contribution in [0.25, 0.3) is 20.8 Å². The molecule has 0 spiro atoms. The van der Waals surface area contributed by atoms with Crippen LogP contribution in [-0.2, 0) is 19.0 Å². The van der Waals surface area contributed by atoms with E-state index in [0.29, 0.717) is 0 Å². The lowest BCUT2D eigenvalue weighted by Crippen LogP contribution is -2.34.